The Morgan fingerprint density at radius 1 is 1.04 bits per heavy atom. The number of nitrogens with zero attached hydrogens (tertiary/aromatic N) is 2. The van der Waals surface area contributed by atoms with E-state index in [1.54, 1.807) is 12.1 Å². The zero-order valence-electron chi connectivity index (χ0n) is 13.6. The van der Waals surface area contributed by atoms with Gasteiger partial charge in [-0.25, -0.2) is 14.3 Å². The fourth-order valence-electron chi connectivity index (χ4n) is 2.20. The summed E-state index contributed by atoms with van der Waals surface area (Å²) in [5.74, 6) is -3.04. The molecule has 0 fully saturated rings. The number of hydrogen-bond acceptors (Lipinski definition) is 4. The summed E-state index contributed by atoms with van der Waals surface area (Å²) < 4.78 is 0.895. The minimum absolute atomic E-state index is 0.0452. The average Bonchev–Trinajstić information content (AvgIpc) is 2.91. The van der Waals surface area contributed by atoms with Crippen LogP contribution in [0.3, 0.4) is 0 Å². The van der Waals surface area contributed by atoms with Crippen molar-refractivity contribution in [3.8, 4) is 0 Å². The van der Waals surface area contributed by atoms with Crippen LogP contribution < -0.4 is 0 Å². The third-order valence-corrected chi connectivity index (χ3v) is 3.58. The molecule has 7 heteroatoms. The second kappa shape index (κ2) is 6.27. The third kappa shape index (κ3) is 3.68. The summed E-state index contributed by atoms with van der Waals surface area (Å²) in [5.41, 5.74) is 0.677. The van der Waals surface area contributed by atoms with Gasteiger partial charge in [0.1, 0.15) is 12.2 Å². The highest BCUT2D eigenvalue weighted by molar-refractivity contribution is 5.97. The lowest BCUT2D eigenvalue weighted by Crippen LogP contribution is -2.17. The van der Waals surface area contributed by atoms with Crippen molar-refractivity contribution >= 4 is 17.7 Å². The Labute approximate surface area is 138 Å². The predicted octanol–water partition coefficient (Wildman–Crippen LogP) is 2.46. The first-order chi connectivity index (χ1) is 11.1. The standard InChI is InChI=1S/C17H18N2O5/c1-17(2,3)11-6-4-10(5-7-11)14(20)9-19-13(16(23)24)8-12(18-19)15(21)22/h4-8H,9H2,1-3H3,(H,21,22)(H,23,24). The Balaban J connectivity index is 2.26. The molecule has 7 nitrogen and oxygen atoms in total. The normalized spacial score (nSPS) is 11.3. The summed E-state index contributed by atoms with van der Waals surface area (Å²) in [6.45, 7) is 5.82. The number of benzene rings is 1. The molecule has 126 valence electrons. The molecule has 0 aliphatic heterocycles. The van der Waals surface area contributed by atoms with Crippen LogP contribution in [0.5, 0.6) is 0 Å². The number of carbonyl (C=O) groups excluding carboxylic acids is 1. The molecule has 0 aliphatic carbocycles. The number of carboxylic acid groups (broad SMARTS) is 2. The number of aromatic carboxylic acids is 2. The molecular weight excluding hydrogens is 312 g/mol. The topological polar surface area (TPSA) is 109 Å². The first-order valence-corrected chi connectivity index (χ1v) is 7.28. The van der Waals surface area contributed by atoms with Gasteiger partial charge in [-0.3, -0.25) is 4.79 Å². The number of carbonyl (C=O) groups is 3. The van der Waals surface area contributed by atoms with E-state index < -0.39 is 17.6 Å². The number of Topliss-reactive ketones (excluding diaryl/α,β-unsaturated/α-hetero) is 1. The van der Waals surface area contributed by atoms with Gasteiger partial charge in [0.05, 0.1) is 0 Å². The lowest BCUT2D eigenvalue weighted by atomic mass is 9.86. The van der Waals surface area contributed by atoms with Crippen molar-refractivity contribution < 1.29 is 24.6 Å². The van der Waals surface area contributed by atoms with E-state index in [1.807, 2.05) is 12.1 Å². The van der Waals surface area contributed by atoms with Gasteiger partial charge >= 0.3 is 11.9 Å². The predicted molar refractivity (Wildman–Crippen MR) is 85.6 cm³/mol. The summed E-state index contributed by atoms with van der Waals surface area (Å²) in [5, 5.41) is 21.7. The Bertz CT molecular complexity index is 797. The van der Waals surface area contributed by atoms with E-state index in [2.05, 4.69) is 25.9 Å². The van der Waals surface area contributed by atoms with Crippen LogP contribution in [0.4, 0.5) is 0 Å². The molecule has 0 unspecified atom stereocenters. The van der Waals surface area contributed by atoms with E-state index in [0.29, 0.717) is 5.56 Å². The zero-order chi connectivity index (χ0) is 18.1. The van der Waals surface area contributed by atoms with E-state index in [0.717, 1.165) is 16.3 Å². The lowest BCUT2D eigenvalue weighted by Gasteiger charge is -2.19. The SMILES string of the molecule is CC(C)(C)c1ccc(C(=O)Cn2nc(C(=O)O)cc2C(=O)O)cc1. The van der Waals surface area contributed by atoms with Crippen LogP contribution in [-0.4, -0.2) is 37.7 Å². The fraction of sp³-hybridized carbons (Fsp3) is 0.294. The first kappa shape index (κ1) is 17.4. The summed E-state index contributed by atoms with van der Waals surface area (Å²) in [6.07, 6.45) is 0. The number of hydrogen-bond donors (Lipinski definition) is 2. The van der Waals surface area contributed by atoms with Crippen molar-refractivity contribution in [1.29, 1.82) is 0 Å². The van der Waals surface area contributed by atoms with Gasteiger partial charge in [-0.2, -0.15) is 5.10 Å². The lowest BCUT2D eigenvalue weighted by molar-refractivity contribution is 0.0674. The van der Waals surface area contributed by atoms with Gasteiger partial charge < -0.3 is 10.2 Å². The van der Waals surface area contributed by atoms with E-state index in [9.17, 15) is 14.4 Å². The monoisotopic (exact) mass is 330 g/mol. The third-order valence-electron chi connectivity index (χ3n) is 3.58. The summed E-state index contributed by atoms with van der Waals surface area (Å²) >= 11 is 0. The van der Waals surface area contributed by atoms with Gasteiger partial charge in [0, 0.05) is 11.6 Å². The molecule has 2 rings (SSSR count). The molecule has 1 heterocycles. The van der Waals surface area contributed by atoms with E-state index >= 15 is 0 Å². The van der Waals surface area contributed by atoms with Crippen LogP contribution in [0.2, 0.25) is 0 Å². The molecule has 0 amide bonds. The second-order valence-electron chi connectivity index (χ2n) is 6.43. The largest absolute Gasteiger partial charge is 0.477 e. The second-order valence-corrected chi connectivity index (χ2v) is 6.43. The summed E-state index contributed by atoms with van der Waals surface area (Å²) in [7, 11) is 0. The highest BCUT2D eigenvalue weighted by atomic mass is 16.4. The summed E-state index contributed by atoms with van der Waals surface area (Å²) in [4.78, 5) is 34.4. The van der Waals surface area contributed by atoms with Gasteiger partial charge in [0.25, 0.3) is 0 Å². The maximum Gasteiger partial charge on any atom is 0.356 e. The molecule has 1 aromatic carbocycles. The highest BCUT2D eigenvalue weighted by Crippen LogP contribution is 2.22. The minimum atomic E-state index is -1.35. The number of rotatable bonds is 5. The van der Waals surface area contributed by atoms with Crippen LogP contribution in [0.1, 0.15) is 57.7 Å². The molecule has 0 atom stereocenters. The number of aromatic nitrogens is 2. The van der Waals surface area contributed by atoms with Crippen molar-refractivity contribution in [3.63, 3.8) is 0 Å². The number of ketones is 1. The smallest absolute Gasteiger partial charge is 0.356 e. The van der Waals surface area contributed by atoms with Gasteiger partial charge in [0.15, 0.2) is 11.5 Å². The molecule has 0 saturated carbocycles. The van der Waals surface area contributed by atoms with Crippen LogP contribution in [0.25, 0.3) is 0 Å². The van der Waals surface area contributed by atoms with Gasteiger partial charge in [-0.15, -0.1) is 0 Å². The van der Waals surface area contributed by atoms with Crippen molar-refractivity contribution in [1.82, 2.24) is 9.78 Å². The quantitative estimate of drug-likeness (QED) is 0.815. The van der Waals surface area contributed by atoms with Crippen molar-refractivity contribution in [2.24, 2.45) is 0 Å². The number of carboxylic acids is 2. The maximum absolute atomic E-state index is 12.3. The maximum atomic E-state index is 12.3. The minimum Gasteiger partial charge on any atom is -0.477 e. The highest BCUT2D eigenvalue weighted by Gasteiger charge is 2.20. The Kier molecular flexibility index (Phi) is 4.54. The van der Waals surface area contributed by atoms with Crippen LogP contribution >= 0.6 is 0 Å². The van der Waals surface area contributed by atoms with E-state index in [1.165, 1.54) is 0 Å². The molecule has 0 aliphatic rings. The average molecular weight is 330 g/mol. The summed E-state index contributed by atoms with van der Waals surface area (Å²) in [6, 6.07) is 7.96. The van der Waals surface area contributed by atoms with Crippen molar-refractivity contribution in [3.05, 3.63) is 52.8 Å². The van der Waals surface area contributed by atoms with Crippen LogP contribution in [-0.2, 0) is 12.0 Å². The fourth-order valence-corrected chi connectivity index (χ4v) is 2.20. The van der Waals surface area contributed by atoms with Gasteiger partial charge in [-0.05, 0) is 11.0 Å². The molecule has 0 spiro atoms. The van der Waals surface area contributed by atoms with Crippen LogP contribution in [0.15, 0.2) is 30.3 Å². The van der Waals surface area contributed by atoms with E-state index in [-0.39, 0.29) is 23.4 Å². The molecule has 1 aromatic heterocycles. The molecule has 2 N–H and O–H groups in total. The molecule has 0 saturated heterocycles. The Hall–Kier alpha value is -2.96. The first-order valence-electron chi connectivity index (χ1n) is 7.28. The van der Waals surface area contributed by atoms with Gasteiger partial charge in [-0.1, -0.05) is 45.0 Å². The van der Waals surface area contributed by atoms with Crippen LogP contribution in [0, 0.1) is 0 Å². The molecule has 2 aromatic rings. The van der Waals surface area contributed by atoms with Crippen molar-refractivity contribution in [2.45, 2.75) is 32.7 Å². The molecule has 0 bridgehead atoms. The van der Waals surface area contributed by atoms with Gasteiger partial charge in [0.2, 0.25) is 0 Å². The zero-order valence-corrected chi connectivity index (χ0v) is 13.6. The Morgan fingerprint density at radius 3 is 2.08 bits per heavy atom. The molecule has 0 radical (unpaired) electrons. The molecule has 24 heavy (non-hydrogen) atoms. The van der Waals surface area contributed by atoms with E-state index in [4.69, 9.17) is 10.2 Å². The van der Waals surface area contributed by atoms with Crippen molar-refractivity contribution in [2.75, 3.05) is 0 Å². The molecular formula is C17H18N2O5. The Morgan fingerprint density at radius 2 is 1.62 bits per heavy atom.